The quantitative estimate of drug-likeness (QED) is 0.319. The van der Waals surface area contributed by atoms with E-state index in [1.807, 2.05) is 0 Å². The number of sulfone groups is 1. The highest BCUT2D eigenvalue weighted by atomic mass is 35.5. The number of rotatable bonds is 5. The number of thiazole rings is 1. The van der Waals surface area contributed by atoms with Gasteiger partial charge in [-0.15, -0.1) is 23.7 Å². The van der Waals surface area contributed by atoms with E-state index in [1.54, 1.807) is 18.3 Å². The maximum atomic E-state index is 13.2. The normalized spacial score (nSPS) is 15.6. The summed E-state index contributed by atoms with van der Waals surface area (Å²) in [6, 6.07) is 18.6. The molecular formula is C28H26ClN5O4S2. The van der Waals surface area contributed by atoms with Crippen molar-refractivity contribution in [1.29, 1.82) is 0 Å². The van der Waals surface area contributed by atoms with Gasteiger partial charge in [0.1, 0.15) is 5.01 Å². The van der Waals surface area contributed by atoms with Crippen LogP contribution in [-0.2, 0) is 16.4 Å². The molecule has 2 aliphatic rings. The van der Waals surface area contributed by atoms with Crippen LogP contribution in [0, 0.1) is 0 Å². The predicted octanol–water partition coefficient (Wildman–Crippen LogP) is 3.97. The minimum Gasteiger partial charge on any atom is -0.369 e. The first kappa shape index (κ1) is 27.8. The van der Waals surface area contributed by atoms with E-state index in [2.05, 4.69) is 50.1 Å². The van der Waals surface area contributed by atoms with E-state index in [4.69, 9.17) is 0 Å². The first-order chi connectivity index (χ1) is 18.9. The maximum absolute atomic E-state index is 13.2. The van der Waals surface area contributed by atoms with Crippen LogP contribution in [0.4, 0.5) is 11.4 Å². The summed E-state index contributed by atoms with van der Waals surface area (Å²) in [7, 11) is -3.93. The van der Waals surface area contributed by atoms with Gasteiger partial charge in [-0.25, -0.2) is 13.4 Å². The summed E-state index contributed by atoms with van der Waals surface area (Å²) in [5, 5.41) is 9.72. The molecule has 4 aromatic rings. The molecule has 0 spiro atoms. The molecule has 6 rings (SSSR count). The van der Waals surface area contributed by atoms with Crippen LogP contribution in [0.1, 0.15) is 25.6 Å². The number of amides is 2. The number of fused-ring (bicyclic) bond motifs is 2. The topological polar surface area (TPSA) is 120 Å². The highest BCUT2D eigenvalue weighted by Gasteiger charge is 2.31. The molecule has 1 fully saturated rings. The van der Waals surface area contributed by atoms with Crippen LogP contribution in [0.2, 0.25) is 0 Å². The molecule has 2 aliphatic heterocycles. The Hall–Kier alpha value is -3.77. The standard InChI is InChI=1S/C28H25N5O4S2.ClH/c34-26(19-7-10-25-23(15-19)32-27(35)22-3-1-2-4-24(22)39(25,36)37)30-16-21-17-31-28(38-21)18-5-8-20(9-6-18)33-13-11-29-12-14-33;/h1-10,15,17,29H,11-14,16H2,(H,30,34)(H,32,35);1H. The van der Waals surface area contributed by atoms with Gasteiger partial charge in [-0.05, 0) is 54.6 Å². The molecule has 206 valence electrons. The van der Waals surface area contributed by atoms with Gasteiger partial charge in [0.2, 0.25) is 9.84 Å². The van der Waals surface area contributed by atoms with Crippen molar-refractivity contribution in [3.63, 3.8) is 0 Å². The number of carbonyl (C=O) groups excluding carboxylic acids is 2. The van der Waals surface area contributed by atoms with Gasteiger partial charge in [-0.2, -0.15) is 0 Å². The molecule has 40 heavy (non-hydrogen) atoms. The van der Waals surface area contributed by atoms with Gasteiger partial charge in [0.25, 0.3) is 11.8 Å². The van der Waals surface area contributed by atoms with Crippen LogP contribution < -0.4 is 20.9 Å². The Morgan fingerprint density at radius 1 is 1.00 bits per heavy atom. The smallest absolute Gasteiger partial charge is 0.257 e. The van der Waals surface area contributed by atoms with E-state index in [1.165, 1.54) is 47.4 Å². The second-order valence-corrected chi connectivity index (χ2v) is 12.3. The van der Waals surface area contributed by atoms with Crippen molar-refractivity contribution in [2.45, 2.75) is 16.3 Å². The summed E-state index contributed by atoms with van der Waals surface area (Å²) in [6.45, 7) is 4.21. The minimum absolute atomic E-state index is 0. The van der Waals surface area contributed by atoms with E-state index in [0.29, 0.717) is 0 Å². The molecular weight excluding hydrogens is 570 g/mol. The molecule has 0 unspecified atom stereocenters. The first-order valence-electron chi connectivity index (χ1n) is 12.5. The molecule has 0 radical (unpaired) electrons. The van der Waals surface area contributed by atoms with Gasteiger partial charge in [0, 0.05) is 54.1 Å². The Morgan fingerprint density at radius 3 is 2.52 bits per heavy atom. The number of benzene rings is 3. The molecule has 12 heteroatoms. The van der Waals surface area contributed by atoms with Gasteiger partial charge < -0.3 is 20.9 Å². The lowest BCUT2D eigenvalue weighted by atomic mass is 10.1. The number of hydrogen-bond acceptors (Lipinski definition) is 8. The van der Waals surface area contributed by atoms with Crippen molar-refractivity contribution in [1.82, 2.24) is 15.6 Å². The Morgan fingerprint density at radius 2 is 1.75 bits per heavy atom. The Bertz CT molecular complexity index is 1680. The van der Waals surface area contributed by atoms with Crippen molar-refractivity contribution >= 4 is 56.8 Å². The van der Waals surface area contributed by atoms with Gasteiger partial charge >= 0.3 is 0 Å². The maximum Gasteiger partial charge on any atom is 0.257 e. The molecule has 2 amide bonds. The lowest BCUT2D eigenvalue weighted by Gasteiger charge is -2.29. The Labute approximate surface area is 242 Å². The van der Waals surface area contributed by atoms with Crippen LogP contribution in [-0.4, -0.2) is 51.4 Å². The summed E-state index contributed by atoms with van der Waals surface area (Å²) in [5.74, 6) is -0.926. The van der Waals surface area contributed by atoms with Gasteiger partial charge in [-0.3, -0.25) is 9.59 Å². The Balaban J connectivity index is 0.00000323. The monoisotopic (exact) mass is 595 g/mol. The van der Waals surface area contributed by atoms with E-state index < -0.39 is 15.7 Å². The zero-order valence-electron chi connectivity index (χ0n) is 21.2. The molecule has 0 atom stereocenters. The number of anilines is 2. The molecule has 1 saturated heterocycles. The van der Waals surface area contributed by atoms with Crippen LogP contribution in [0.5, 0.6) is 0 Å². The molecule has 0 aliphatic carbocycles. The molecule has 3 heterocycles. The predicted molar refractivity (Wildman–Crippen MR) is 157 cm³/mol. The van der Waals surface area contributed by atoms with E-state index in [0.717, 1.165) is 41.6 Å². The highest BCUT2D eigenvalue weighted by Crippen LogP contribution is 2.34. The fourth-order valence-corrected chi connectivity index (χ4v) is 7.18. The lowest BCUT2D eigenvalue weighted by Crippen LogP contribution is -2.43. The number of nitrogens with one attached hydrogen (secondary N) is 3. The summed E-state index contributed by atoms with van der Waals surface area (Å²) >= 11 is 1.50. The van der Waals surface area contributed by atoms with Crippen LogP contribution in [0.25, 0.3) is 10.6 Å². The lowest BCUT2D eigenvalue weighted by molar-refractivity contribution is 0.0949. The third kappa shape index (κ3) is 5.33. The van der Waals surface area contributed by atoms with Gasteiger partial charge in [0.15, 0.2) is 0 Å². The van der Waals surface area contributed by atoms with Crippen molar-refractivity contribution in [3.8, 4) is 10.6 Å². The fraction of sp³-hybridized carbons (Fsp3) is 0.179. The number of halogens is 1. The van der Waals surface area contributed by atoms with Crippen LogP contribution in [0.15, 0.2) is 82.7 Å². The summed E-state index contributed by atoms with van der Waals surface area (Å²) in [5.41, 5.74) is 2.59. The van der Waals surface area contributed by atoms with E-state index >= 15 is 0 Å². The third-order valence-corrected chi connectivity index (χ3v) is 9.69. The number of piperazine rings is 1. The second kappa shape index (κ2) is 11.4. The van der Waals surface area contributed by atoms with Crippen molar-refractivity contribution in [2.75, 3.05) is 36.4 Å². The van der Waals surface area contributed by atoms with Crippen molar-refractivity contribution < 1.29 is 18.0 Å². The van der Waals surface area contributed by atoms with E-state index in [-0.39, 0.29) is 51.5 Å². The molecule has 0 bridgehead atoms. The Kier molecular flexibility index (Phi) is 7.90. The molecule has 1 aromatic heterocycles. The molecule has 9 nitrogen and oxygen atoms in total. The summed E-state index contributed by atoms with van der Waals surface area (Å²) in [4.78, 5) is 33.2. The SMILES string of the molecule is Cl.O=C(NCc1cnc(-c2ccc(N3CCNCC3)cc2)s1)c1ccc2c(c1)NC(=O)c1ccccc1S2(=O)=O. The number of hydrogen-bond donors (Lipinski definition) is 3. The average Bonchev–Trinajstić information content (AvgIpc) is 3.42. The number of nitrogens with zero attached hydrogens (tertiary/aromatic N) is 2. The van der Waals surface area contributed by atoms with Crippen LogP contribution >= 0.6 is 23.7 Å². The van der Waals surface area contributed by atoms with Crippen molar-refractivity contribution in [2.24, 2.45) is 0 Å². The zero-order chi connectivity index (χ0) is 27.0. The molecule has 0 saturated carbocycles. The highest BCUT2D eigenvalue weighted by molar-refractivity contribution is 7.91. The number of carbonyl (C=O) groups is 2. The number of aromatic nitrogens is 1. The van der Waals surface area contributed by atoms with Gasteiger partial charge in [0.05, 0.1) is 27.6 Å². The summed E-state index contributed by atoms with van der Waals surface area (Å²) < 4.78 is 26.3. The van der Waals surface area contributed by atoms with Crippen LogP contribution in [0.3, 0.4) is 0 Å². The van der Waals surface area contributed by atoms with Gasteiger partial charge in [-0.1, -0.05) is 12.1 Å². The molecule has 3 N–H and O–H groups in total. The first-order valence-corrected chi connectivity index (χ1v) is 14.8. The van der Waals surface area contributed by atoms with Crippen molar-refractivity contribution in [3.05, 3.63) is 88.9 Å². The average molecular weight is 596 g/mol. The zero-order valence-corrected chi connectivity index (χ0v) is 23.7. The fourth-order valence-electron chi connectivity index (χ4n) is 4.73. The summed E-state index contributed by atoms with van der Waals surface area (Å²) in [6.07, 6.45) is 1.74. The van der Waals surface area contributed by atoms with E-state index in [9.17, 15) is 18.0 Å². The minimum atomic E-state index is -3.93. The largest absolute Gasteiger partial charge is 0.369 e. The third-order valence-electron chi connectivity index (χ3n) is 6.77. The molecule has 3 aromatic carbocycles. The second-order valence-electron chi connectivity index (χ2n) is 9.26.